The van der Waals surface area contributed by atoms with Gasteiger partial charge in [-0.2, -0.15) is 0 Å². The van der Waals surface area contributed by atoms with E-state index in [1.807, 2.05) is 25.1 Å². The smallest absolute Gasteiger partial charge is 0.225 e. The normalized spacial score (nSPS) is 15.8. The Morgan fingerprint density at radius 3 is 2.50 bits per heavy atom. The summed E-state index contributed by atoms with van der Waals surface area (Å²) in [7, 11) is 0. The van der Waals surface area contributed by atoms with E-state index < -0.39 is 0 Å². The minimum Gasteiger partial charge on any atom is -0.326 e. The highest BCUT2D eigenvalue weighted by atomic mass is 35.5. The van der Waals surface area contributed by atoms with Crippen LogP contribution in [0.1, 0.15) is 17.5 Å². The SMILES string of the molecule is Cc1ccc(NC(=O)CCN2CCN(C/C=C/c3ccccc3)CC2)cc1Cl. The van der Waals surface area contributed by atoms with Crippen LogP contribution in [0.2, 0.25) is 5.02 Å². The van der Waals surface area contributed by atoms with E-state index >= 15 is 0 Å². The summed E-state index contributed by atoms with van der Waals surface area (Å²) in [6, 6.07) is 16.0. The third-order valence-electron chi connectivity index (χ3n) is 5.05. The zero-order valence-corrected chi connectivity index (χ0v) is 17.2. The van der Waals surface area contributed by atoms with Crippen LogP contribution in [0.15, 0.2) is 54.6 Å². The van der Waals surface area contributed by atoms with Gasteiger partial charge in [0.1, 0.15) is 0 Å². The zero-order chi connectivity index (χ0) is 19.8. The molecule has 1 heterocycles. The number of carbonyl (C=O) groups is 1. The number of hydrogen-bond donors (Lipinski definition) is 1. The van der Waals surface area contributed by atoms with Crippen LogP contribution in [0.4, 0.5) is 5.69 Å². The standard InChI is InChI=1S/C23H28ClN3O/c1-19-9-10-21(18-22(19)24)25-23(28)11-13-27-16-14-26(15-17-27)12-5-8-20-6-3-2-4-7-20/h2-10,18H,11-17H2,1H3,(H,25,28)/b8-5+. The number of halogens is 1. The molecule has 28 heavy (non-hydrogen) atoms. The second-order valence-electron chi connectivity index (χ2n) is 7.22. The van der Waals surface area contributed by atoms with Crippen molar-refractivity contribution in [2.75, 3.05) is 44.6 Å². The number of amides is 1. The molecule has 2 aromatic carbocycles. The Bertz CT molecular complexity index is 799. The molecule has 0 bridgehead atoms. The number of benzene rings is 2. The van der Waals surface area contributed by atoms with E-state index in [1.165, 1.54) is 5.56 Å². The van der Waals surface area contributed by atoms with Crippen LogP contribution in [-0.2, 0) is 4.79 Å². The van der Waals surface area contributed by atoms with Crippen LogP contribution < -0.4 is 5.32 Å². The number of carbonyl (C=O) groups excluding carboxylic acids is 1. The van der Waals surface area contributed by atoms with Crippen molar-refractivity contribution in [1.29, 1.82) is 0 Å². The van der Waals surface area contributed by atoms with Gasteiger partial charge < -0.3 is 10.2 Å². The van der Waals surface area contributed by atoms with Crippen molar-refractivity contribution in [3.05, 3.63) is 70.8 Å². The highest BCUT2D eigenvalue weighted by Crippen LogP contribution is 2.20. The maximum atomic E-state index is 12.2. The molecular formula is C23H28ClN3O. The van der Waals surface area contributed by atoms with Crippen molar-refractivity contribution in [1.82, 2.24) is 9.80 Å². The van der Waals surface area contributed by atoms with E-state index in [2.05, 4.69) is 51.5 Å². The van der Waals surface area contributed by atoms with Crippen molar-refractivity contribution >= 4 is 29.3 Å². The van der Waals surface area contributed by atoms with E-state index in [-0.39, 0.29) is 5.91 Å². The first-order valence-corrected chi connectivity index (χ1v) is 10.2. The summed E-state index contributed by atoms with van der Waals surface area (Å²) < 4.78 is 0. The molecule has 5 heteroatoms. The molecule has 0 aromatic heterocycles. The number of rotatable bonds is 7. The Balaban J connectivity index is 1.34. The average Bonchev–Trinajstić information content (AvgIpc) is 2.71. The van der Waals surface area contributed by atoms with Crippen LogP contribution in [-0.4, -0.2) is 55.0 Å². The Morgan fingerprint density at radius 1 is 1.07 bits per heavy atom. The molecule has 1 saturated heterocycles. The molecule has 3 rings (SSSR count). The summed E-state index contributed by atoms with van der Waals surface area (Å²) in [5.41, 5.74) is 3.01. The Kier molecular flexibility index (Phi) is 7.66. The molecule has 1 aliphatic heterocycles. The second kappa shape index (κ2) is 10.4. The molecular weight excluding hydrogens is 370 g/mol. The number of piperazine rings is 1. The number of nitrogens with one attached hydrogen (secondary N) is 1. The van der Waals surface area contributed by atoms with E-state index in [1.54, 1.807) is 6.07 Å². The lowest BCUT2D eigenvalue weighted by molar-refractivity contribution is -0.116. The lowest BCUT2D eigenvalue weighted by atomic mass is 10.2. The van der Waals surface area contributed by atoms with Gasteiger partial charge in [-0.1, -0.05) is 60.2 Å². The van der Waals surface area contributed by atoms with Crippen LogP contribution in [0.25, 0.3) is 6.08 Å². The van der Waals surface area contributed by atoms with E-state index in [0.717, 1.165) is 50.5 Å². The van der Waals surface area contributed by atoms with Crippen LogP contribution in [0.5, 0.6) is 0 Å². The fraction of sp³-hybridized carbons (Fsp3) is 0.348. The van der Waals surface area contributed by atoms with Crippen LogP contribution in [0.3, 0.4) is 0 Å². The van der Waals surface area contributed by atoms with Crippen molar-refractivity contribution in [3.8, 4) is 0 Å². The Labute approximate surface area is 172 Å². The van der Waals surface area contributed by atoms with Crippen molar-refractivity contribution in [3.63, 3.8) is 0 Å². The summed E-state index contributed by atoms with van der Waals surface area (Å²) in [6.07, 6.45) is 4.90. The van der Waals surface area contributed by atoms with Crippen LogP contribution >= 0.6 is 11.6 Å². The van der Waals surface area contributed by atoms with Gasteiger partial charge in [0.15, 0.2) is 0 Å². The quantitative estimate of drug-likeness (QED) is 0.756. The fourth-order valence-electron chi connectivity index (χ4n) is 3.25. The largest absolute Gasteiger partial charge is 0.326 e. The monoisotopic (exact) mass is 397 g/mol. The average molecular weight is 398 g/mol. The van der Waals surface area contributed by atoms with Crippen molar-refractivity contribution < 1.29 is 4.79 Å². The molecule has 0 aliphatic carbocycles. The summed E-state index contributed by atoms with van der Waals surface area (Å²) in [6.45, 7) is 7.79. The second-order valence-corrected chi connectivity index (χ2v) is 7.62. The van der Waals surface area contributed by atoms with Gasteiger partial charge in [0.05, 0.1) is 0 Å². The third kappa shape index (κ3) is 6.48. The van der Waals surface area contributed by atoms with Gasteiger partial charge in [-0.3, -0.25) is 9.69 Å². The number of nitrogens with zero attached hydrogens (tertiary/aromatic N) is 2. The first kappa shape index (κ1) is 20.6. The van der Waals surface area contributed by atoms with Crippen molar-refractivity contribution in [2.45, 2.75) is 13.3 Å². The summed E-state index contributed by atoms with van der Waals surface area (Å²) in [5.74, 6) is 0.0353. The molecule has 1 N–H and O–H groups in total. The summed E-state index contributed by atoms with van der Waals surface area (Å²) in [4.78, 5) is 17.0. The van der Waals surface area contributed by atoms with Gasteiger partial charge in [0.2, 0.25) is 5.91 Å². The maximum absolute atomic E-state index is 12.2. The molecule has 1 fully saturated rings. The van der Waals surface area contributed by atoms with Gasteiger partial charge in [-0.15, -0.1) is 0 Å². The summed E-state index contributed by atoms with van der Waals surface area (Å²) in [5, 5.41) is 3.61. The Hall–Kier alpha value is -2.14. The molecule has 0 spiro atoms. The number of aryl methyl sites for hydroxylation is 1. The van der Waals surface area contributed by atoms with Gasteiger partial charge in [0.25, 0.3) is 0 Å². The molecule has 0 saturated carbocycles. The van der Waals surface area contributed by atoms with E-state index in [0.29, 0.717) is 11.4 Å². The van der Waals surface area contributed by atoms with Gasteiger partial charge in [0, 0.05) is 56.4 Å². The van der Waals surface area contributed by atoms with Crippen molar-refractivity contribution in [2.24, 2.45) is 0 Å². The number of anilines is 1. The predicted molar refractivity (Wildman–Crippen MR) is 118 cm³/mol. The summed E-state index contributed by atoms with van der Waals surface area (Å²) >= 11 is 6.11. The highest BCUT2D eigenvalue weighted by Gasteiger charge is 2.16. The van der Waals surface area contributed by atoms with E-state index in [4.69, 9.17) is 11.6 Å². The molecule has 148 valence electrons. The molecule has 4 nitrogen and oxygen atoms in total. The molecule has 0 radical (unpaired) electrons. The number of hydrogen-bond acceptors (Lipinski definition) is 3. The topological polar surface area (TPSA) is 35.6 Å². The lowest BCUT2D eigenvalue weighted by Gasteiger charge is -2.34. The minimum atomic E-state index is 0.0353. The van der Waals surface area contributed by atoms with Gasteiger partial charge in [-0.25, -0.2) is 0 Å². The first-order valence-electron chi connectivity index (χ1n) is 9.82. The maximum Gasteiger partial charge on any atom is 0.225 e. The molecule has 1 aliphatic rings. The lowest BCUT2D eigenvalue weighted by Crippen LogP contribution is -2.46. The minimum absolute atomic E-state index is 0.0353. The third-order valence-corrected chi connectivity index (χ3v) is 5.46. The van der Waals surface area contributed by atoms with E-state index in [9.17, 15) is 4.79 Å². The highest BCUT2D eigenvalue weighted by molar-refractivity contribution is 6.31. The zero-order valence-electron chi connectivity index (χ0n) is 16.4. The Morgan fingerprint density at radius 2 is 1.79 bits per heavy atom. The van der Waals surface area contributed by atoms with Gasteiger partial charge in [-0.05, 0) is 30.2 Å². The predicted octanol–water partition coefficient (Wildman–Crippen LogP) is 4.31. The van der Waals surface area contributed by atoms with Gasteiger partial charge >= 0.3 is 0 Å². The fourth-order valence-corrected chi connectivity index (χ4v) is 3.43. The molecule has 0 unspecified atom stereocenters. The molecule has 2 aromatic rings. The molecule has 1 amide bonds. The first-order chi connectivity index (χ1) is 13.6. The molecule has 0 atom stereocenters. The van der Waals surface area contributed by atoms with Crippen LogP contribution in [0, 0.1) is 6.92 Å².